The summed E-state index contributed by atoms with van der Waals surface area (Å²) in [4.78, 5) is 0. The Bertz CT molecular complexity index is 514. The molecule has 2 aliphatic heterocycles. The molecule has 0 amide bonds. The molecule has 4 atom stereocenters. The molecule has 2 saturated heterocycles. The molecule has 148 valence electrons. The second kappa shape index (κ2) is 9.03. The van der Waals surface area contributed by atoms with Crippen molar-refractivity contribution in [2.24, 2.45) is 11.8 Å². The SMILES string of the molecule is CC(C)=CCCC1=CC[C@@H]([C@@H]2OC[C@H](C[N+]3(C)CCCCC3)O2)[C@H](C)C1. The number of allylic oxidation sites excluding steroid dienone is 4. The molecule has 0 spiro atoms. The van der Waals surface area contributed by atoms with Gasteiger partial charge in [-0.15, -0.1) is 0 Å². The van der Waals surface area contributed by atoms with Crippen LogP contribution in [0.25, 0.3) is 0 Å². The van der Waals surface area contributed by atoms with Crippen molar-refractivity contribution in [3.8, 4) is 0 Å². The van der Waals surface area contributed by atoms with E-state index in [-0.39, 0.29) is 6.29 Å². The van der Waals surface area contributed by atoms with Gasteiger partial charge in [0.05, 0.1) is 26.7 Å². The molecule has 3 nitrogen and oxygen atoms in total. The van der Waals surface area contributed by atoms with Gasteiger partial charge in [0.1, 0.15) is 12.6 Å². The van der Waals surface area contributed by atoms with Crippen LogP contribution in [-0.2, 0) is 9.47 Å². The Morgan fingerprint density at radius 1 is 1.23 bits per heavy atom. The van der Waals surface area contributed by atoms with Gasteiger partial charge in [0, 0.05) is 5.92 Å². The minimum absolute atomic E-state index is 0.0157. The smallest absolute Gasteiger partial charge is 0.161 e. The summed E-state index contributed by atoms with van der Waals surface area (Å²) < 4.78 is 13.7. The van der Waals surface area contributed by atoms with Crippen LogP contribution >= 0.6 is 0 Å². The van der Waals surface area contributed by atoms with Crippen molar-refractivity contribution in [3.63, 3.8) is 0 Å². The van der Waals surface area contributed by atoms with Crippen LogP contribution in [0.2, 0.25) is 0 Å². The molecule has 0 aromatic carbocycles. The van der Waals surface area contributed by atoms with Gasteiger partial charge in [0.2, 0.25) is 0 Å². The van der Waals surface area contributed by atoms with Gasteiger partial charge in [-0.1, -0.05) is 30.2 Å². The van der Waals surface area contributed by atoms with E-state index in [9.17, 15) is 0 Å². The third-order valence-corrected chi connectivity index (χ3v) is 6.67. The largest absolute Gasteiger partial charge is 0.349 e. The zero-order valence-electron chi connectivity index (χ0n) is 17.5. The Hall–Kier alpha value is -0.640. The minimum Gasteiger partial charge on any atom is -0.349 e. The Morgan fingerprint density at radius 3 is 2.69 bits per heavy atom. The summed E-state index contributed by atoms with van der Waals surface area (Å²) >= 11 is 0. The molecule has 0 N–H and O–H groups in total. The summed E-state index contributed by atoms with van der Waals surface area (Å²) in [6.45, 7) is 11.3. The lowest BCUT2D eigenvalue weighted by Crippen LogP contribution is -2.52. The van der Waals surface area contributed by atoms with E-state index in [2.05, 4.69) is 40.0 Å². The lowest BCUT2D eigenvalue weighted by Gasteiger charge is -2.39. The number of quaternary nitrogens is 1. The van der Waals surface area contributed by atoms with Crippen molar-refractivity contribution < 1.29 is 14.0 Å². The molecule has 1 aliphatic carbocycles. The Labute approximate surface area is 161 Å². The van der Waals surface area contributed by atoms with Crippen LogP contribution in [0.5, 0.6) is 0 Å². The molecule has 0 aromatic heterocycles. The molecule has 3 aliphatic rings. The third-order valence-electron chi connectivity index (χ3n) is 6.67. The van der Waals surface area contributed by atoms with Gasteiger partial charge in [-0.3, -0.25) is 0 Å². The van der Waals surface area contributed by atoms with E-state index >= 15 is 0 Å². The van der Waals surface area contributed by atoms with Crippen LogP contribution in [0.1, 0.15) is 65.7 Å². The maximum atomic E-state index is 6.41. The molecule has 0 unspecified atom stereocenters. The van der Waals surface area contributed by atoms with Crippen LogP contribution in [0.4, 0.5) is 0 Å². The van der Waals surface area contributed by atoms with Crippen molar-refractivity contribution in [3.05, 3.63) is 23.3 Å². The maximum absolute atomic E-state index is 6.41. The van der Waals surface area contributed by atoms with Crippen LogP contribution in [0, 0.1) is 11.8 Å². The quantitative estimate of drug-likeness (QED) is 0.485. The first-order chi connectivity index (χ1) is 12.5. The average molecular weight is 363 g/mol. The highest BCUT2D eigenvalue weighted by Crippen LogP contribution is 2.37. The zero-order valence-corrected chi connectivity index (χ0v) is 17.5. The predicted octanol–water partition coefficient (Wildman–Crippen LogP) is 5.08. The zero-order chi connectivity index (χ0) is 18.6. The molecule has 3 rings (SSSR count). The first-order valence-electron chi connectivity index (χ1n) is 10.9. The van der Waals surface area contributed by atoms with E-state index in [0.717, 1.165) is 19.6 Å². The lowest BCUT2D eigenvalue weighted by molar-refractivity contribution is -0.916. The number of nitrogens with zero attached hydrogens (tertiary/aromatic N) is 1. The van der Waals surface area contributed by atoms with E-state index < -0.39 is 0 Å². The summed E-state index contributed by atoms with van der Waals surface area (Å²) in [7, 11) is 2.40. The molecule has 0 saturated carbocycles. The topological polar surface area (TPSA) is 18.5 Å². The van der Waals surface area contributed by atoms with Gasteiger partial charge in [0.15, 0.2) is 6.29 Å². The number of hydrogen-bond donors (Lipinski definition) is 0. The molecule has 0 aromatic rings. The minimum atomic E-state index is 0.0157. The highest BCUT2D eigenvalue weighted by Gasteiger charge is 2.40. The summed E-state index contributed by atoms with van der Waals surface area (Å²) in [5.41, 5.74) is 3.06. The first kappa shape index (κ1) is 20.1. The van der Waals surface area contributed by atoms with Crippen molar-refractivity contribution in [1.82, 2.24) is 0 Å². The number of ether oxygens (including phenoxy) is 2. The van der Waals surface area contributed by atoms with Crippen LogP contribution in [-0.4, -0.2) is 50.2 Å². The second-order valence-corrected chi connectivity index (χ2v) is 9.53. The summed E-state index contributed by atoms with van der Waals surface area (Å²) in [6, 6.07) is 0. The van der Waals surface area contributed by atoms with Crippen molar-refractivity contribution in [1.29, 1.82) is 0 Å². The Balaban J connectivity index is 1.48. The number of likely N-dealkylation sites (N-methyl/N-ethyl adjacent to an activating group) is 1. The van der Waals surface area contributed by atoms with Crippen molar-refractivity contribution in [2.45, 2.75) is 78.1 Å². The highest BCUT2D eigenvalue weighted by atomic mass is 16.7. The monoisotopic (exact) mass is 362 g/mol. The fourth-order valence-electron chi connectivity index (χ4n) is 5.05. The predicted molar refractivity (Wildman–Crippen MR) is 108 cm³/mol. The van der Waals surface area contributed by atoms with E-state index in [4.69, 9.17) is 9.47 Å². The summed E-state index contributed by atoms with van der Waals surface area (Å²) in [5, 5.41) is 0. The summed E-state index contributed by atoms with van der Waals surface area (Å²) in [6.07, 6.45) is 14.0. The van der Waals surface area contributed by atoms with Crippen molar-refractivity contribution >= 4 is 0 Å². The van der Waals surface area contributed by atoms with Gasteiger partial charge in [-0.25, -0.2) is 0 Å². The van der Waals surface area contributed by atoms with Crippen molar-refractivity contribution in [2.75, 3.05) is 33.3 Å². The Morgan fingerprint density at radius 2 is 2.00 bits per heavy atom. The fourth-order valence-corrected chi connectivity index (χ4v) is 5.05. The van der Waals surface area contributed by atoms with Crippen LogP contribution < -0.4 is 0 Å². The number of rotatable bonds is 6. The van der Waals surface area contributed by atoms with E-state index in [1.165, 1.54) is 61.7 Å². The molecule has 3 heteroatoms. The van der Waals surface area contributed by atoms with Gasteiger partial charge >= 0.3 is 0 Å². The third kappa shape index (κ3) is 5.43. The molecule has 26 heavy (non-hydrogen) atoms. The van der Waals surface area contributed by atoms with E-state index in [1.54, 1.807) is 5.57 Å². The molecule has 2 heterocycles. The van der Waals surface area contributed by atoms with E-state index in [0.29, 0.717) is 17.9 Å². The second-order valence-electron chi connectivity index (χ2n) is 9.53. The van der Waals surface area contributed by atoms with Gasteiger partial charge < -0.3 is 14.0 Å². The fraction of sp³-hybridized carbons (Fsp3) is 0.826. The molecular weight excluding hydrogens is 322 g/mol. The number of piperidine rings is 1. The van der Waals surface area contributed by atoms with E-state index in [1.807, 2.05) is 0 Å². The van der Waals surface area contributed by atoms with Gasteiger partial charge in [-0.05, 0) is 64.7 Å². The number of likely N-dealkylation sites (tertiary alicyclic amines) is 1. The lowest BCUT2D eigenvalue weighted by atomic mass is 9.79. The summed E-state index contributed by atoms with van der Waals surface area (Å²) in [5.74, 6) is 1.18. The van der Waals surface area contributed by atoms with Gasteiger partial charge in [-0.2, -0.15) is 0 Å². The first-order valence-corrected chi connectivity index (χ1v) is 10.9. The molecule has 0 bridgehead atoms. The molecule has 2 fully saturated rings. The van der Waals surface area contributed by atoms with Crippen LogP contribution in [0.15, 0.2) is 23.3 Å². The van der Waals surface area contributed by atoms with Crippen LogP contribution in [0.3, 0.4) is 0 Å². The normalized spacial score (nSPS) is 34.4. The van der Waals surface area contributed by atoms with Gasteiger partial charge in [0.25, 0.3) is 0 Å². The Kier molecular flexibility index (Phi) is 6.98. The number of hydrogen-bond acceptors (Lipinski definition) is 2. The maximum Gasteiger partial charge on any atom is 0.161 e. The molecular formula is C23H40NO2+. The average Bonchev–Trinajstić information content (AvgIpc) is 3.02. The highest BCUT2D eigenvalue weighted by molar-refractivity contribution is 5.10. The standard InChI is InChI=1S/C23H40NO2/c1-18(2)9-8-10-20-11-12-22(19(3)15-20)23-25-17-21(26-23)16-24(4)13-6-5-7-14-24/h9,11,19,21-23H,5-8,10,12-17H2,1-4H3/q+1/t19-,21+,22-,23-/m1/s1. The molecule has 0 radical (unpaired) electrons.